The number of anilines is 1. The van der Waals surface area contributed by atoms with E-state index in [4.69, 9.17) is 0 Å². The van der Waals surface area contributed by atoms with Gasteiger partial charge in [-0.3, -0.25) is 4.79 Å². The van der Waals surface area contributed by atoms with Crippen molar-refractivity contribution >= 4 is 12.0 Å². The molecule has 1 aromatic heterocycles. The minimum Gasteiger partial charge on any atom is -0.369 e. The smallest absolute Gasteiger partial charge is 0.192 e. The van der Waals surface area contributed by atoms with Crippen molar-refractivity contribution in [3.63, 3.8) is 0 Å². The second kappa shape index (κ2) is 4.20. The third kappa shape index (κ3) is 2.38. The molecule has 1 aliphatic heterocycles. The fourth-order valence-corrected chi connectivity index (χ4v) is 1.93. The topological polar surface area (TPSA) is 46.1 Å². The first-order valence-corrected chi connectivity index (χ1v) is 5.63. The van der Waals surface area contributed by atoms with Gasteiger partial charge in [-0.05, 0) is 18.3 Å². The minimum atomic E-state index is 0.251. The summed E-state index contributed by atoms with van der Waals surface area (Å²) in [6, 6.07) is 0. The van der Waals surface area contributed by atoms with Crippen molar-refractivity contribution < 1.29 is 4.79 Å². The van der Waals surface area contributed by atoms with Crippen LogP contribution in [0, 0.1) is 5.41 Å². The number of aromatic nitrogens is 2. The molecule has 4 nitrogen and oxygen atoms in total. The maximum Gasteiger partial charge on any atom is 0.192 e. The number of carbonyl (C=O) groups is 1. The Balaban J connectivity index is 2.05. The van der Waals surface area contributed by atoms with Crippen molar-refractivity contribution in [1.29, 1.82) is 0 Å². The van der Waals surface area contributed by atoms with Gasteiger partial charge in [0.1, 0.15) is 0 Å². The van der Waals surface area contributed by atoms with Crippen LogP contribution in [0.2, 0.25) is 0 Å². The Kier molecular flexibility index (Phi) is 2.90. The van der Waals surface area contributed by atoms with Crippen molar-refractivity contribution in [2.24, 2.45) is 5.41 Å². The van der Waals surface area contributed by atoms with Gasteiger partial charge in [0.15, 0.2) is 12.1 Å². The van der Waals surface area contributed by atoms with E-state index < -0.39 is 0 Å². The van der Waals surface area contributed by atoms with Gasteiger partial charge in [-0.25, -0.2) is 9.97 Å². The molecule has 1 fully saturated rings. The Labute approximate surface area is 95.7 Å². The molecule has 86 valence electrons. The zero-order chi connectivity index (χ0) is 11.6. The van der Waals surface area contributed by atoms with E-state index in [-0.39, 0.29) is 5.82 Å². The van der Waals surface area contributed by atoms with Crippen LogP contribution < -0.4 is 4.90 Å². The lowest BCUT2D eigenvalue weighted by atomic mass is 9.82. The van der Waals surface area contributed by atoms with Gasteiger partial charge in [-0.2, -0.15) is 0 Å². The Hall–Kier alpha value is -1.45. The fraction of sp³-hybridized carbons (Fsp3) is 0.583. The SMILES string of the molecule is CC1(C)CCN(c2cnc(C=O)nc2)CC1. The largest absolute Gasteiger partial charge is 0.369 e. The van der Waals surface area contributed by atoms with Gasteiger partial charge in [0.2, 0.25) is 0 Å². The fourth-order valence-electron chi connectivity index (χ4n) is 1.93. The highest BCUT2D eigenvalue weighted by atomic mass is 16.1. The lowest BCUT2D eigenvalue weighted by Gasteiger charge is -2.37. The molecule has 0 atom stereocenters. The van der Waals surface area contributed by atoms with Crippen molar-refractivity contribution in [3.8, 4) is 0 Å². The normalized spacial score (nSPS) is 19.5. The van der Waals surface area contributed by atoms with Crippen LogP contribution in [0.4, 0.5) is 5.69 Å². The van der Waals surface area contributed by atoms with Crippen LogP contribution in [0.25, 0.3) is 0 Å². The Morgan fingerprint density at radius 2 is 1.81 bits per heavy atom. The van der Waals surface area contributed by atoms with Crippen LogP contribution in [0.15, 0.2) is 12.4 Å². The Bertz CT molecular complexity index is 362. The summed E-state index contributed by atoms with van der Waals surface area (Å²) in [7, 11) is 0. The molecule has 0 aromatic carbocycles. The zero-order valence-corrected chi connectivity index (χ0v) is 9.81. The second-order valence-electron chi connectivity index (χ2n) is 5.07. The quantitative estimate of drug-likeness (QED) is 0.713. The molecule has 0 unspecified atom stereocenters. The van der Waals surface area contributed by atoms with E-state index in [1.807, 2.05) is 0 Å². The van der Waals surface area contributed by atoms with Crippen molar-refractivity contribution in [1.82, 2.24) is 9.97 Å². The standard InChI is InChI=1S/C12H17N3O/c1-12(2)3-5-15(6-4-12)10-7-13-11(9-16)14-8-10/h7-9H,3-6H2,1-2H3. The Morgan fingerprint density at radius 3 is 2.31 bits per heavy atom. The highest BCUT2D eigenvalue weighted by Gasteiger charge is 2.25. The van der Waals surface area contributed by atoms with Gasteiger partial charge in [-0.15, -0.1) is 0 Å². The van der Waals surface area contributed by atoms with Gasteiger partial charge < -0.3 is 4.90 Å². The molecule has 0 aliphatic carbocycles. The summed E-state index contributed by atoms with van der Waals surface area (Å²) in [5.74, 6) is 0.251. The average Bonchev–Trinajstić information content (AvgIpc) is 2.29. The molecule has 0 amide bonds. The number of nitrogens with zero attached hydrogens (tertiary/aromatic N) is 3. The summed E-state index contributed by atoms with van der Waals surface area (Å²) in [6.07, 6.45) is 6.50. The first-order valence-electron chi connectivity index (χ1n) is 5.63. The average molecular weight is 219 g/mol. The van der Waals surface area contributed by atoms with Crippen LogP contribution in [0.1, 0.15) is 37.3 Å². The summed E-state index contributed by atoms with van der Waals surface area (Å²) in [5, 5.41) is 0. The molecule has 0 radical (unpaired) electrons. The van der Waals surface area contributed by atoms with Gasteiger partial charge in [0.05, 0.1) is 18.1 Å². The van der Waals surface area contributed by atoms with E-state index in [0.29, 0.717) is 11.7 Å². The van der Waals surface area contributed by atoms with Gasteiger partial charge in [0, 0.05) is 13.1 Å². The summed E-state index contributed by atoms with van der Waals surface area (Å²) in [4.78, 5) is 20.7. The summed E-state index contributed by atoms with van der Waals surface area (Å²) >= 11 is 0. The monoisotopic (exact) mass is 219 g/mol. The van der Waals surface area contributed by atoms with E-state index in [0.717, 1.165) is 18.8 Å². The number of piperidine rings is 1. The molecule has 0 bridgehead atoms. The predicted molar refractivity (Wildman–Crippen MR) is 62.6 cm³/mol. The number of hydrogen-bond donors (Lipinski definition) is 0. The molecular formula is C12H17N3O. The highest BCUT2D eigenvalue weighted by molar-refractivity contribution is 5.68. The lowest BCUT2D eigenvalue weighted by Crippen LogP contribution is -2.37. The maximum absolute atomic E-state index is 10.4. The number of rotatable bonds is 2. The lowest BCUT2D eigenvalue weighted by molar-refractivity contribution is 0.111. The molecule has 1 saturated heterocycles. The first-order chi connectivity index (χ1) is 7.61. The van der Waals surface area contributed by atoms with Crippen molar-refractivity contribution in [2.45, 2.75) is 26.7 Å². The third-order valence-electron chi connectivity index (χ3n) is 3.25. The molecular weight excluding hydrogens is 202 g/mol. The number of carbonyl (C=O) groups excluding carboxylic acids is 1. The molecule has 16 heavy (non-hydrogen) atoms. The summed E-state index contributed by atoms with van der Waals surface area (Å²) in [5.41, 5.74) is 1.46. The predicted octanol–water partition coefficient (Wildman–Crippen LogP) is 1.92. The molecule has 0 spiro atoms. The third-order valence-corrected chi connectivity index (χ3v) is 3.25. The van der Waals surface area contributed by atoms with Crippen molar-refractivity contribution in [3.05, 3.63) is 18.2 Å². The van der Waals surface area contributed by atoms with Gasteiger partial charge >= 0.3 is 0 Å². The van der Waals surface area contributed by atoms with E-state index in [9.17, 15) is 4.79 Å². The van der Waals surface area contributed by atoms with E-state index in [1.54, 1.807) is 12.4 Å². The highest BCUT2D eigenvalue weighted by Crippen LogP contribution is 2.31. The summed E-state index contributed by atoms with van der Waals surface area (Å²) < 4.78 is 0. The van der Waals surface area contributed by atoms with E-state index in [2.05, 4.69) is 28.7 Å². The molecule has 0 saturated carbocycles. The molecule has 2 heterocycles. The molecule has 1 aliphatic rings. The van der Waals surface area contributed by atoms with Gasteiger partial charge in [0.25, 0.3) is 0 Å². The van der Waals surface area contributed by atoms with E-state index in [1.165, 1.54) is 12.8 Å². The van der Waals surface area contributed by atoms with E-state index >= 15 is 0 Å². The van der Waals surface area contributed by atoms with Crippen LogP contribution >= 0.6 is 0 Å². The Morgan fingerprint density at radius 1 is 1.25 bits per heavy atom. The molecule has 1 aromatic rings. The zero-order valence-electron chi connectivity index (χ0n) is 9.81. The molecule has 4 heteroatoms. The second-order valence-corrected chi connectivity index (χ2v) is 5.07. The van der Waals surface area contributed by atoms with Crippen LogP contribution in [0.5, 0.6) is 0 Å². The first kappa shape index (κ1) is 11.0. The van der Waals surface area contributed by atoms with Gasteiger partial charge in [-0.1, -0.05) is 13.8 Å². The summed E-state index contributed by atoms with van der Waals surface area (Å²) in [6.45, 7) is 6.68. The van der Waals surface area contributed by atoms with Crippen molar-refractivity contribution in [2.75, 3.05) is 18.0 Å². The van der Waals surface area contributed by atoms with Crippen LogP contribution in [-0.2, 0) is 0 Å². The molecule has 2 rings (SSSR count). The maximum atomic E-state index is 10.4. The van der Waals surface area contributed by atoms with Crippen LogP contribution in [0.3, 0.4) is 0 Å². The minimum absolute atomic E-state index is 0.251. The van der Waals surface area contributed by atoms with Crippen LogP contribution in [-0.4, -0.2) is 29.3 Å². The number of aldehydes is 1. The number of hydrogen-bond acceptors (Lipinski definition) is 4. The molecule has 0 N–H and O–H groups in total.